The van der Waals surface area contributed by atoms with Crippen LogP contribution in [0.4, 0.5) is 0 Å². The summed E-state index contributed by atoms with van der Waals surface area (Å²) in [5.74, 6) is -0.407. The van der Waals surface area contributed by atoms with Crippen LogP contribution in [0.1, 0.15) is 34.1 Å². The van der Waals surface area contributed by atoms with Crippen LogP contribution in [0.2, 0.25) is 0 Å². The molecule has 112 valence electrons. The maximum Gasteiger partial charge on any atom is 0.333 e. The molecule has 0 saturated carbocycles. The molecule has 2 atom stereocenters. The van der Waals surface area contributed by atoms with Crippen molar-refractivity contribution in [3.05, 3.63) is 12.2 Å². The molecule has 0 heterocycles. The van der Waals surface area contributed by atoms with Crippen molar-refractivity contribution in [2.75, 3.05) is 20.3 Å². The predicted octanol–water partition coefficient (Wildman–Crippen LogP) is 2.30. The van der Waals surface area contributed by atoms with E-state index < -0.39 is 5.97 Å². The Morgan fingerprint density at radius 2 is 1.84 bits per heavy atom. The van der Waals surface area contributed by atoms with E-state index in [4.69, 9.17) is 18.9 Å². The lowest BCUT2D eigenvalue weighted by Gasteiger charge is -2.23. The second-order valence-corrected chi connectivity index (χ2v) is 4.68. The van der Waals surface area contributed by atoms with E-state index in [0.29, 0.717) is 12.0 Å². The fraction of sp³-hybridized carbons (Fsp3) is 0.786. The minimum atomic E-state index is -0.407. The second-order valence-electron chi connectivity index (χ2n) is 4.68. The van der Waals surface area contributed by atoms with Crippen LogP contribution < -0.4 is 0 Å². The van der Waals surface area contributed by atoms with E-state index in [0.717, 1.165) is 0 Å². The Kier molecular flexibility index (Phi) is 9.47. The SMILES string of the molecule is C=C(C)C(=O)OCCOC(CC(C)OC)OC(C)C. The molecule has 0 aromatic heterocycles. The Morgan fingerprint density at radius 1 is 1.21 bits per heavy atom. The highest BCUT2D eigenvalue weighted by atomic mass is 16.7. The molecule has 0 fully saturated rings. The van der Waals surface area contributed by atoms with E-state index in [-0.39, 0.29) is 31.7 Å². The number of hydrogen-bond acceptors (Lipinski definition) is 5. The molecule has 0 rings (SSSR count). The van der Waals surface area contributed by atoms with Crippen molar-refractivity contribution in [3.8, 4) is 0 Å². The fourth-order valence-electron chi connectivity index (χ4n) is 1.27. The zero-order chi connectivity index (χ0) is 14.8. The van der Waals surface area contributed by atoms with Crippen molar-refractivity contribution in [2.24, 2.45) is 0 Å². The molecule has 0 saturated heterocycles. The average Bonchev–Trinajstić information content (AvgIpc) is 2.32. The summed E-state index contributed by atoms with van der Waals surface area (Å²) in [5.41, 5.74) is 0.378. The number of ether oxygens (including phenoxy) is 4. The first kappa shape index (κ1) is 18.1. The van der Waals surface area contributed by atoms with Crippen LogP contribution in [0.3, 0.4) is 0 Å². The second kappa shape index (κ2) is 9.95. The van der Waals surface area contributed by atoms with Gasteiger partial charge in [-0.05, 0) is 27.7 Å². The largest absolute Gasteiger partial charge is 0.460 e. The number of hydrogen-bond donors (Lipinski definition) is 0. The van der Waals surface area contributed by atoms with Crippen molar-refractivity contribution in [1.82, 2.24) is 0 Å². The van der Waals surface area contributed by atoms with Crippen LogP contribution in [0.25, 0.3) is 0 Å². The molecule has 0 radical (unpaired) electrons. The number of esters is 1. The minimum Gasteiger partial charge on any atom is -0.460 e. The molecule has 0 aliphatic heterocycles. The van der Waals surface area contributed by atoms with Crippen molar-refractivity contribution < 1.29 is 23.7 Å². The zero-order valence-corrected chi connectivity index (χ0v) is 12.6. The molecule has 2 unspecified atom stereocenters. The summed E-state index contributed by atoms with van der Waals surface area (Å²) >= 11 is 0. The molecule has 19 heavy (non-hydrogen) atoms. The molecule has 0 aromatic carbocycles. The normalized spacial score (nSPS) is 14.2. The Hall–Kier alpha value is -0.910. The third-order valence-electron chi connectivity index (χ3n) is 2.32. The van der Waals surface area contributed by atoms with Crippen molar-refractivity contribution >= 4 is 5.97 Å². The molecule has 0 N–H and O–H groups in total. The molecular weight excluding hydrogens is 248 g/mol. The van der Waals surface area contributed by atoms with Gasteiger partial charge in [0.1, 0.15) is 6.61 Å². The van der Waals surface area contributed by atoms with Crippen LogP contribution in [-0.4, -0.2) is 44.8 Å². The van der Waals surface area contributed by atoms with Gasteiger partial charge in [0.25, 0.3) is 0 Å². The number of carbonyl (C=O) groups is 1. The van der Waals surface area contributed by atoms with E-state index in [9.17, 15) is 4.79 Å². The predicted molar refractivity (Wildman–Crippen MR) is 72.8 cm³/mol. The van der Waals surface area contributed by atoms with E-state index in [1.807, 2.05) is 20.8 Å². The van der Waals surface area contributed by atoms with Gasteiger partial charge in [-0.2, -0.15) is 0 Å². The maximum atomic E-state index is 11.2. The molecule has 0 bridgehead atoms. The lowest BCUT2D eigenvalue weighted by Crippen LogP contribution is -2.27. The number of carbonyl (C=O) groups excluding carboxylic acids is 1. The summed E-state index contributed by atoms with van der Waals surface area (Å²) in [7, 11) is 1.64. The summed E-state index contributed by atoms with van der Waals surface area (Å²) in [6.45, 7) is 11.4. The molecule has 0 aliphatic rings. The van der Waals surface area contributed by atoms with E-state index >= 15 is 0 Å². The Bertz CT molecular complexity index is 275. The van der Waals surface area contributed by atoms with Crippen LogP contribution in [-0.2, 0) is 23.7 Å². The summed E-state index contributed by atoms with van der Waals surface area (Å²) < 4.78 is 21.3. The van der Waals surface area contributed by atoms with Crippen LogP contribution >= 0.6 is 0 Å². The van der Waals surface area contributed by atoms with E-state index in [1.54, 1.807) is 14.0 Å². The molecule has 0 amide bonds. The smallest absolute Gasteiger partial charge is 0.333 e. The van der Waals surface area contributed by atoms with Crippen LogP contribution in [0, 0.1) is 0 Å². The van der Waals surface area contributed by atoms with Gasteiger partial charge in [-0.15, -0.1) is 0 Å². The quantitative estimate of drug-likeness (QED) is 0.265. The van der Waals surface area contributed by atoms with Crippen molar-refractivity contribution in [3.63, 3.8) is 0 Å². The van der Waals surface area contributed by atoms with Gasteiger partial charge in [0.15, 0.2) is 6.29 Å². The third-order valence-corrected chi connectivity index (χ3v) is 2.32. The topological polar surface area (TPSA) is 54.0 Å². The number of methoxy groups -OCH3 is 1. The van der Waals surface area contributed by atoms with Crippen molar-refractivity contribution in [1.29, 1.82) is 0 Å². The first-order valence-corrected chi connectivity index (χ1v) is 6.49. The fourth-order valence-corrected chi connectivity index (χ4v) is 1.27. The van der Waals surface area contributed by atoms with Gasteiger partial charge >= 0.3 is 5.97 Å². The molecule has 5 nitrogen and oxygen atoms in total. The first-order chi connectivity index (χ1) is 8.86. The van der Waals surface area contributed by atoms with Gasteiger partial charge < -0.3 is 18.9 Å². The molecule has 0 aromatic rings. The van der Waals surface area contributed by atoms with Crippen molar-refractivity contribution in [2.45, 2.75) is 52.6 Å². The highest BCUT2D eigenvalue weighted by molar-refractivity contribution is 5.86. The van der Waals surface area contributed by atoms with Gasteiger partial charge in [-0.25, -0.2) is 4.79 Å². The summed E-state index contributed by atoms with van der Waals surface area (Å²) in [5, 5.41) is 0. The highest BCUT2D eigenvalue weighted by Gasteiger charge is 2.16. The lowest BCUT2D eigenvalue weighted by atomic mass is 10.3. The standard InChI is InChI=1S/C14H26O5/c1-10(2)14(15)18-8-7-17-13(19-11(3)4)9-12(5)16-6/h11-13H,1,7-9H2,2-6H3. The molecule has 0 aliphatic carbocycles. The van der Waals surface area contributed by atoms with Gasteiger partial charge in [-0.3, -0.25) is 0 Å². The highest BCUT2D eigenvalue weighted by Crippen LogP contribution is 2.09. The first-order valence-electron chi connectivity index (χ1n) is 6.49. The summed E-state index contributed by atoms with van der Waals surface area (Å²) in [6, 6.07) is 0. The summed E-state index contributed by atoms with van der Waals surface area (Å²) in [6.07, 6.45) is 0.371. The Labute approximate surface area is 115 Å². The van der Waals surface area contributed by atoms with Crippen LogP contribution in [0.5, 0.6) is 0 Å². The lowest BCUT2D eigenvalue weighted by molar-refractivity contribution is -0.184. The van der Waals surface area contributed by atoms with Gasteiger partial charge in [0.2, 0.25) is 0 Å². The van der Waals surface area contributed by atoms with Gasteiger partial charge in [-0.1, -0.05) is 6.58 Å². The molecular formula is C14H26O5. The molecule has 0 spiro atoms. The van der Waals surface area contributed by atoms with E-state index in [2.05, 4.69) is 6.58 Å². The third kappa shape index (κ3) is 9.64. The zero-order valence-electron chi connectivity index (χ0n) is 12.6. The Morgan fingerprint density at radius 3 is 2.32 bits per heavy atom. The van der Waals surface area contributed by atoms with Crippen LogP contribution in [0.15, 0.2) is 12.2 Å². The number of rotatable bonds is 10. The summed E-state index contributed by atoms with van der Waals surface area (Å²) in [4.78, 5) is 11.2. The Balaban J connectivity index is 3.98. The van der Waals surface area contributed by atoms with E-state index in [1.165, 1.54) is 0 Å². The monoisotopic (exact) mass is 274 g/mol. The maximum absolute atomic E-state index is 11.2. The molecule has 5 heteroatoms. The average molecular weight is 274 g/mol. The van der Waals surface area contributed by atoms with Gasteiger partial charge in [0.05, 0.1) is 18.8 Å². The minimum absolute atomic E-state index is 0.0433. The van der Waals surface area contributed by atoms with Gasteiger partial charge in [0, 0.05) is 19.1 Å².